The third-order valence-corrected chi connectivity index (χ3v) is 6.48. The van der Waals surface area contributed by atoms with Crippen LogP contribution in [-0.2, 0) is 0 Å². The van der Waals surface area contributed by atoms with Crippen molar-refractivity contribution in [1.82, 2.24) is 30.7 Å². The Labute approximate surface area is 192 Å². The molecule has 2 aromatic heterocycles. The Hall–Kier alpha value is -3.46. The summed E-state index contributed by atoms with van der Waals surface area (Å²) in [4.78, 5) is 31.9. The molecule has 3 amide bonds. The summed E-state index contributed by atoms with van der Waals surface area (Å²) in [5.74, 6) is 0.663. The van der Waals surface area contributed by atoms with Gasteiger partial charge in [-0.2, -0.15) is 5.10 Å². The number of aromatic amines is 1. The number of likely N-dealkylation sites (tertiary alicyclic amines) is 1. The van der Waals surface area contributed by atoms with E-state index >= 15 is 0 Å². The Bertz CT molecular complexity index is 1140. The van der Waals surface area contributed by atoms with Crippen LogP contribution in [0.3, 0.4) is 0 Å². The number of rotatable bonds is 7. The van der Waals surface area contributed by atoms with E-state index in [1.54, 1.807) is 12.3 Å². The number of aromatic nitrogens is 3. The highest BCUT2D eigenvalue weighted by Gasteiger charge is 2.34. The number of anilines is 1. The molecule has 1 saturated heterocycles. The fourth-order valence-electron chi connectivity index (χ4n) is 4.45. The van der Waals surface area contributed by atoms with Crippen LogP contribution < -0.4 is 16.0 Å². The molecule has 4 N–H and O–H groups in total. The van der Waals surface area contributed by atoms with Gasteiger partial charge in [0.2, 0.25) is 0 Å². The molecule has 172 valence electrons. The minimum atomic E-state index is -0.354. The maximum absolute atomic E-state index is 12.7. The van der Waals surface area contributed by atoms with Crippen LogP contribution >= 0.6 is 0 Å². The van der Waals surface area contributed by atoms with Crippen molar-refractivity contribution in [2.75, 3.05) is 25.0 Å². The quantitative estimate of drug-likeness (QED) is 0.444. The van der Waals surface area contributed by atoms with Crippen LogP contribution in [0.2, 0.25) is 0 Å². The zero-order chi connectivity index (χ0) is 22.8. The second-order valence-corrected chi connectivity index (χ2v) is 9.01. The second kappa shape index (κ2) is 9.19. The van der Waals surface area contributed by atoms with Gasteiger partial charge in [0.1, 0.15) is 5.82 Å². The molecule has 1 saturated carbocycles. The Morgan fingerprint density at radius 1 is 1.21 bits per heavy atom. The first-order valence-electron chi connectivity index (χ1n) is 11.6. The monoisotopic (exact) mass is 447 g/mol. The van der Waals surface area contributed by atoms with E-state index in [1.165, 1.54) is 12.8 Å². The number of carbonyl (C=O) groups is 2. The van der Waals surface area contributed by atoms with Gasteiger partial charge < -0.3 is 15.5 Å². The van der Waals surface area contributed by atoms with Crippen molar-refractivity contribution in [3.63, 3.8) is 0 Å². The van der Waals surface area contributed by atoms with E-state index in [9.17, 15) is 9.59 Å². The van der Waals surface area contributed by atoms with Crippen LogP contribution in [0.4, 0.5) is 10.6 Å². The fraction of sp³-hybridized carbons (Fsp3) is 0.417. The second-order valence-electron chi connectivity index (χ2n) is 9.01. The van der Waals surface area contributed by atoms with E-state index in [2.05, 4.69) is 36.0 Å². The van der Waals surface area contributed by atoms with Gasteiger partial charge in [0.05, 0.1) is 16.9 Å². The van der Waals surface area contributed by atoms with Crippen molar-refractivity contribution in [3.05, 3.63) is 53.9 Å². The van der Waals surface area contributed by atoms with Crippen molar-refractivity contribution in [2.24, 2.45) is 5.92 Å². The molecule has 2 atom stereocenters. The van der Waals surface area contributed by atoms with Gasteiger partial charge in [-0.25, -0.2) is 9.78 Å². The van der Waals surface area contributed by atoms with Gasteiger partial charge in [-0.05, 0) is 44.2 Å². The molecule has 33 heavy (non-hydrogen) atoms. The third-order valence-electron chi connectivity index (χ3n) is 6.48. The van der Waals surface area contributed by atoms with E-state index in [4.69, 9.17) is 0 Å². The summed E-state index contributed by atoms with van der Waals surface area (Å²) < 4.78 is 0. The summed E-state index contributed by atoms with van der Waals surface area (Å²) in [5, 5.41) is 16.3. The van der Waals surface area contributed by atoms with Crippen LogP contribution in [0, 0.1) is 5.92 Å². The predicted molar refractivity (Wildman–Crippen MR) is 126 cm³/mol. The molecule has 0 spiro atoms. The lowest BCUT2D eigenvalue weighted by atomic mass is 10.1. The maximum atomic E-state index is 12.7. The smallest absolute Gasteiger partial charge is 0.320 e. The number of carbonyl (C=O) groups excluding carboxylic acids is 2. The minimum absolute atomic E-state index is 0.145. The van der Waals surface area contributed by atoms with Crippen LogP contribution in [0.5, 0.6) is 0 Å². The summed E-state index contributed by atoms with van der Waals surface area (Å²) in [6.07, 6.45) is 5.32. The highest BCUT2D eigenvalue weighted by Crippen LogP contribution is 2.31. The van der Waals surface area contributed by atoms with Crippen molar-refractivity contribution in [2.45, 2.75) is 38.3 Å². The van der Waals surface area contributed by atoms with E-state index in [1.807, 2.05) is 37.3 Å². The predicted octanol–water partition coefficient (Wildman–Crippen LogP) is 3.05. The molecular weight excluding hydrogens is 418 g/mol. The lowest BCUT2D eigenvalue weighted by molar-refractivity contribution is 0.0944. The molecular formula is C24H29N7O2. The summed E-state index contributed by atoms with van der Waals surface area (Å²) in [6, 6.07) is 11.7. The van der Waals surface area contributed by atoms with Crippen molar-refractivity contribution in [3.8, 4) is 0 Å². The number of hydrogen-bond acceptors (Lipinski definition) is 5. The molecule has 3 heterocycles. The number of H-pyrrole nitrogens is 1. The Morgan fingerprint density at radius 2 is 2.03 bits per heavy atom. The normalized spacial score (nSPS) is 19.4. The van der Waals surface area contributed by atoms with Gasteiger partial charge >= 0.3 is 6.03 Å². The van der Waals surface area contributed by atoms with E-state index < -0.39 is 0 Å². The lowest BCUT2D eigenvalue weighted by Crippen LogP contribution is -2.32. The number of pyridine rings is 1. The Kier molecular flexibility index (Phi) is 5.95. The lowest BCUT2D eigenvalue weighted by Gasteiger charge is -2.15. The zero-order valence-corrected chi connectivity index (χ0v) is 18.7. The molecule has 2 fully saturated rings. The Morgan fingerprint density at radius 3 is 2.82 bits per heavy atom. The summed E-state index contributed by atoms with van der Waals surface area (Å²) in [5.41, 5.74) is 1.98. The fourth-order valence-corrected chi connectivity index (χ4v) is 4.45. The van der Waals surface area contributed by atoms with Gasteiger partial charge in [-0.3, -0.25) is 15.2 Å². The average molecular weight is 448 g/mol. The first kappa shape index (κ1) is 21.4. The first-order chi connectivity index (χ1) is 16.1. The van der Waals surface area contributed by atoms with Crippen LogP contribution in [-0.4, -0.2) is 57.7 Å². The third kappa shape index (κ3) is 4.98. The molecule has 1 aromatic carbocycles. The molecule has 2 aliphatic rings. The van der Waals surface area contributed by atoms with Crippen molar-refractivity contribution >= 4 is 28.7 Å². The van der Waals surface area contributed by atoms with Crippen molar-refractivity contribution < 1.29 is 9.59 Å². The molecule has 9 nitrogen and oxygen atoms in total. The van der Waals surface area contributed by atoms with Gasteiger partial charge in [0.25, 0.3) is 5.91 Å². The van der Waals surface area contributed by atoms with E-state index in [-0.39, 0.29) is 18.0 Å². The number of benzene rings is 1. The number of urea groups is 1. The first-order valence-corrected chi connectivity index (χ1v) is 11.6. The summed E-state index contributed by atoms with van der Waals surface area (Å²) >= 11 is 0. The Balaban J connectivity index is 1.17. The highest BCUT2D eigenvalue weighted by molar-refractivity contribution is 6.05. The zero-order valence-electron chi connectivity index (χ0n) is 18.7. The molecule has 1 aliphatic heterocycles. The van der Waals surface area contributed by atoms with E-state index in [0.717, 1.165) is 31.1 Å². The minimum Gasteiger partial charge on any atom is -0.350 e. The van der Waals surface area contributed by atoms with Crippen LogP contribution in [0.15, 0.2) is 42.6 Å². The SMILES string of the molecule is C[C@@H](NC(=O)Nc1cc2[nH]nc(C(=O)NCC3CCN(C4CC4)C3)c2cn1)c1ccccc1. The maximum Gasteiger partial charge on any atom is 0.320 e. The van der Waals surface area contributed by atoms with Crippen LogP contribution in [0.25, 0.3) is 10.9 Å². The summed E-state index contributed by atoms with van der Waals surface area (Å²) in [7, 11) is 0. The molecule has 1 aliphatic carbocycles. The topological polar surface area (TPSA) is 115 Å². The molecule has 0 radical (unpaired) electrons. The van der Waals surface area contributed by atoms with Gasteiger partial charge in [0.15, 0.2) is 5.69 Å². The average Bonchev–Trinajstić information content (AvgIpc) is 3.41. The number of amides is 3. The molecule has 9 heteroatoms. The number of nitrogens with one attached hydrogen (secondary N) is 4. The number of fused-ring (bicyclic) bond motifs is 1. The van der Waals surface area contributed by atoms with Crippen molar-refractivity contribution in [1.29, 1.82) is 0 Å². The highest BCUT2D eigenvalue weighted by atomic mass is 16.2. The molecule has 5 rings (SSSR count). The van der Waals surface area contributed by atoms with Gasteiger partial charge in [-0.15, -0.1) is 0 Å². The standard InChI is InChI=1S/C24H29N7O2/c1-15(17-5-3-2-4-6-17)27-24(33)28-21-11-20-19(13-25-21)22(30-29-20)23(32)26-12-16-9-10-31(14-16)18-7-8-18/h2-6,11,13,15-16,18H,7-10,12,14H2,1H3,(H,26,32)(H,29,30)(H2,25,27,28,33)/t15-,16?/m1/s1. The number of nitrogens with zero attached hydrogens (tertiary/aromatic N) is 3. The number of hydrogen-bond donors (Lipinski definition) is 4. The van der Waals surface area contributed by atoms with E-state index in [0.29, 0.717) is 34.9 Å². The van der Waals surface area contributed by atoms with Crippen LogP contribution in [0.1, 0.15) is 48.3 Å². The summed E-state index contributed by atoms with van der Waals surface area (Å²) in [6.45, 7) is 4.77. The molecule has 1 unspecified atom stereocenters. The van der Waals surface area contributed by atoms with Gasteiger partial charge in [-0.1, -0.05) is 30.3 Å². The van der Waals surface area contributed by atoms with Gasteiger partial charge in [0, 0.05) is 31.4 Å². The largest absolute Gasteiger partial charge is 0.350 e. The molecule has 0 bridgehead atoms. The molecule has 3 aromatic rings.